The summed E-state index contributed by atoms with van der Waals surface area (Å²) in [5.74, 6) is 0.00974. The minimum atomic E-state index is -0.682. The van der Waals surface area contributed by atoms with Gasteiger partial charge in [0.15, 0.2) is 5.76 Å². The number of carbonyl (C=O) groups is 2. The Bertz CT molecular complexity index is 665. The number of furan rings is 1. The third-order valence-corrected chi connectivity index (χ3v) is 3.32. The van der Waals surface area contributed by atoms with Crippen LogP contribution in [0, 0.1) is 5.92 Å². The Balaban J connectivity index is 2.07. The van der Waals surface area contributed by atoms with Crippen LogP contribution in [0.5, 0.6) is 5.75 Å². The molecule has 0 radical (unpaired) electrons. The second-order valence-electron chi connectivity index (χ2n) is 5.39. The van der Waals surface area contributed by atoms with Crippen LogP contribution in [-0.2, 0) is 4.79 Å². The Morgan fingerprint density at radius 3 is 2.57 bits per heavy atom. The van der Waals surface area contributed by atoms with Crippen molar-refractivity contribution in [2.45, 2.75) is 19.9 Å². The molecule has 0 fully saturated rings. The van der Waals surface area contributed by atoms with Crippen LogP contribution in [0.25, 0.3) is 0 Å². The van der Waals surface area contributed by atoms with Crippen molar-refractivity contribution < 1.29 is 18.7 Å². The molecular weight excluding hydrogens is 296 g/mol. The van der Waals surface area contributed by atoms with Crippen molar-refractivity contribution in [1.29, 1.82) is 0 Å². The molecule has 1 aromatic carbocycles. The molecule has 122 valence electrons. The van der Waals surface area contributed by atoms with Crippen molar-refractivity contribution in [1.82, 2.24) is 5.32 Å². The van der Waals surface area contributed by atoms with Crippen molar-refractivity contribution in [2.24, 2.45) is 5.92 Å². The largest absolute Gasteiger partial charge is 0.497 e. The van der Waals surface area contributed by atoms with Gasteiger partial charge >= 0.3 is 0 Å². The molecule has 23 heavy (non-hydrogen) atoms. The molecule has 2 N–H and O–H groups in total. The van der Waals surface area contributed by atoms with Crippen LogP contribution in [0.2, 0.25) is 0 Å². The number of rotatable bonds is 6. The van der Waals surface area contributed by atoms with Gasteiger partial charge in [-0.1, -0.05) is 19.9 Å². The van der Waals surface area contributed by atoms with Crippen molar-refractivity contribution in [3.05, 3.63) is 48.4 Å². The number of anilines is 1. The zero-order chi connectivity index (χ0) is 16.8. The molecule has 0 aliphatic rings. The molecular formula is C17H20N2O4. The molecule has 0 aliphatic carbocycles. The van der Waals surface area contributed by atoms with Gasteiger partial charge in [-0.05, 0) is 30.2 Å². The first-order valence-electron chi connectivity index (χ1n) is 7.30. The van der Waals surface area contributed by atoms with Crippen molar-refractivity contribution >= 4 is 17.5 Å². The summed E-state index contributed by atoms with van der Waals surface area (Å²) in [7, 11) is 1.56. The number of benzene rings is 1. The monoisotopic (exact) mass is 316 g/mol. The summed E-state index contributed by atoms with van der Waals surface area (Å²) < 4.78 is 10.2. The molecule has 1 heterocycles. The van der Waals surface area contributed by atoms with Gasteiger partial charge in [-0.25, -0.2) is 0 Å². The van der Waals surface area contributed by atoms with Gasteiger partial charge in [0, 0.05) is 11.8 Å². The fourth-order valence-electron chi connectivity index (χ4n) is 2.08. The Morgan fingerprint density at radius 2 is 1.96 bits per heavy atom. The molecule has 2 rings (SSSR count). The summed E-state index contributed by atoms with van der Waals surface area (Å²) in [6.45, 7) is 3.72. The molecule has 0 saturated carbocycles. The first kappa shape index (κ1) is 16.6. The predicted octanol–water partition coefficient (Wildman–Crippen LogP) is 2.68. The van der Waals surface area contributed by atoms with E-state index in [1.165, 1.54) is 6.26 Å². The first-order valence-corrected chi connectivity index (χ1v) is 7.30. The molecule has 0 spiro atoms. The van der Waals surface area contributed by atoms with E-state index in [4.69, 9.17) is 9.15 Å². The first-order chi connectivity index (χ1) is 11.0. The molecule has 6 nitrogen and oxygen atoms in total. The molecule has 2 aromatic rings. The standard InChI is InChI=1S/C17H20N2O4/c1-11(2)15(19-16(20)14-8-5-9-23-14)17(21)18-12-6-4-7-13(10-12)22-3/h4-11,15H,1-3H3,(H,18,21)(H,19,20). The van der Waals surface area contributed by atoms with Gasteiger partial charge in [-0.2, -0.15) is 0 Å². The summed E-state index contributed by atoms with van der Waals surface area (Å²) in [6, 6.07) is 9.52. The highest BCUT2D eigenvalue weighted by molar-refractivity contribution is 6.00. The van der Waals surface area contributed by atoms with Crippen LogP contribution < -0.4 is 15.4 Å². The number of methoxy groups -OCH3 is 1. The van der Waals surface area contributed by atoms with E-state index in [0.29, 0.717) is 11.4 Å². The summed E-state index contributed by atoms with van der Waals surface area (Å²) >= 11 is 0. The van der Waals surface area contributed by atoms with E-state index in [-0.39, 0.29) is 17.6 Å². The molecule has 2 amide bonds. The average Bonchev–Trinajstić information content (AvgIpc) is 3.06. The summed E-state index contributed by atoms with van der Waals surface area (Å²) in [5.41, 5.74) is 0.604. The zero-order valence-corrected chi connectivity index (χ0v) is 13.3. The van der Waals surface area contributed by atoms with Crippen LogP contribution in [0.15, 0.2) is 47.1 Å². The number of carbonyl (C=O) groups excluding carboxylic acids is 2. The van der Waals surface area contributed by atoms with Crippen molar-refractivity contribution in [2.75, 3.05) is 12.4 Å². The van der Waals surface area contributed by atoms with Crippen LogP contribution in [0.3, 0.4) is 0 Å². The van der Waals surface area contributed by atoms with E-state index in [9.17, 15) is 9.59 Å². The number of amides is 2. The lowest BCUT2D eigenvalue weighted by molar-refractivity contribution is -0.118. The minimum Gasteiger partial charge on any atom is -0.497 e. The van der Waals surface area contributed by atoms with Gasteiger partial charge in [0.1, 0.15) is 11.8 Å². The molecule has 1 unspecified atom stereocenters. The van der Waals surface area contributed by atoms with Crippen LogP contribution in [-0.4, -0.2) is 25.0 Å². The number of ether oxygens (including phenoxy) is 1. The Labute approximate surface area is 134 Å². The number of nitrogens with one attached hydrogen (secondary N) is 2. The van der Waals surface area contributed by atoms with Crippen LogP contribution in [0.1, 0.15) is 24.4 Å². The topological polar surface area (TPSA) is 80.6 Å². The van der Waals surface area contributed by atoms with E-state index in [1.807, 2.05) is 13.8 Å². The van der Waals surface area contributed by atoms with Gasteiger partial charge in [0.25, 0.3) is 5.91 Å². The third-order valence-electron chi connectivity index (χ3n) is 3.32. The maximum atomic E-state index is 12.5. The number of hydrogen-bond donors (Lipinski definition) is 2. The highest BCUT2D eigenvalue weighted by Gasteiger charge is 2.25. The van der Waals surface area contributed by atoms with E-state index in [2.05, 4.69) is 10.6 Å². The lowest BCUT2D eigenvalue weighted by atomic mass is 10.0. The summed E-state index contributed by atoms with van der Waals surface area (Å²) in [4.78, 5) is 24.5. The summed E-state index contributed by atoms with van der Waals surface area (Å²) in [5, 5.41) is 5.48. The molecule has 0 saturated heterocycles. The smallest absolute Gasteiger partial charge is 0.287 e. The van der Waals surface area contributed by atoms with Gasteiger partial charge < -0.3 is 19.8 Å². The van der Waals surface area contributed by atoms with Crippen LogP contribution in [0.4, 0.5) is 5.69 Å². The van der Waals surface area contributed by atoms with Crippen molar-refractivity contribution in [3.63, 3.8) is 0 Å². The highest BCUT2D eigenvalue weighted by Crippen LogP contribution is 2.17. The Morgan fingerprint density at radius 1 is 1.17 bits per heavy atom. The Hall–Kier alpha value is -2.76. The molecule has 6 heteroatoms. The molecule has 0 bridgehead atoms. The minimum absolute atomic E-state index is 0.0838. The lowest BCUT2D eigenvalue weighted by Crippen LogP contribution is -2.47. The van der Waals surface area contributed by atoms with E-state index < -0.39 is 11.9 Å². The quantitative estimate of drug-likeness (QED) is 0.858. The second-order valence-corrected chi connectivity index (χ2v) is 5.39. The Kier molecular flexibility index (Phi) is 5.41. The highest BCUT2D eigenvalue weighted by atomic mass is 16.5. The van der Waals surface area contributed by atoms with Gasteiger partial charge in [0.2, 0.25) is 5.91 Å². The fourth-order valence-corrected chi connectivity index (χ4v) is 2.08. The SMILES string of the molecule is COc1cccc(NC(=O)C(NC(=O)c2ccco2)C(C)C)c1. The summed E-state index contributed by atoms with van der Waals surface area (Å²) in [6.07, 6.45) is 1.41. The molecule has 1 aromatic heterocycles. The normalized spacial score (nSPS) is 11.8. The number of hydrogen-bond acceptors (Lipinski definition) is 4. The molecule has 0 aliphatic heterocycles. The van der Waals surface area contributed by atoms with E-state index >= 15 is 0 Å². The van der Waals surface area contributed by atoms with Gasteiger partial charge in [-0.3, -0.25) is 9.59 Å². The molecule has 1 atom stereocenters. The average molecular weight is 316 g/mol. The maximum absolute atomic E-state index is 12.5. The van der Waals surface area contributed by atoms with Gasteiger partial charge in [-0.15, -0.1) is 0 Å². The lowest BCUT2D eigenvalue weighted by Gasteiger charge is -2.21. The van der Waals surface area contributed by atoms with Crippen LogP contribution >= 0.6 is 0 Å². The van der Waals surface area contributed by atoms with E-state index in [1.54, 1.807) is 43.5 Å². The predicted molar refractivity (Wildman–Crippen MR) is 86.4 cm³/mol. The van der Waals surface area contributed by atoms with Crippen molar-refractivity contribution in [3.8, 4) is 5.75 Å². The maximum Gasteiger partial charge on any atom is 0.287 e. The second kappa shape index (κ2) is 7.49. The van der Waals surface area contributed by atoms with E-state index in [0.717, 1.165) is 0 Å². The fraction of sp³-hybridized carbons (Fsp3) is 0.294. The third kappa shape index (κ3) is 4.35. The van der Waals surface area contributed by atoms with Gasteiger partial charge in [0.05, 0.1) is 13.4 Å². The zero-order valence-electron chi connectivity index (χ0n) is 13.3.